The Morgan fingerprint density at radius 2 is 1.75 bits per heavy atom. The summed E-state index contributed by atoms with van der Waals surface area (Å²) in [5.74, 6) is 0. The zero-order valence-electron chi connectivity index (χ0n) is 8.13. The summed E-state index contributed by atoms with van der Waals surface area (Å²) >= 11 is 0. The van der Waals surface area contributed by atoms with Crippen LogP contribution < -0.4 is 9.80 Å². The molecule has 0 aliphatic heterocycles. The Kier molecular flexibility index (Phi) is 2.58. The maximum absolute atomic E-state index is 3.16. The molecule has 0 N–H and O–H groups in total. The lowest BCUT2D eigenvalue weighted by molar-refractivity contribution is 1.10. The zero-order valence-corrected chi connectivity index (χ0v) is 8.13. The van der Waals surface area contributed by atoms with Gasteiger partial charge in [-0.1, -0.05) is 6.07 Å². The summed E-state index contributed by atoms with van der Waals surface area (Å²) in [4.78, 5) is 4.13. The highest BCUT2D eigenvalue weighted by Gasteiger charge is 1.98. The van der Waals surface area contributed by atoms with Crippen LogP contribution in [0.1, 0.15) is 0 Å². The Bertz CT molecular complexity index is 231. The molecule has 0 atom stereocenters. The molecule has 0 saturated carbocycles. The van der Waals surface area contributed by atoms with Crippen LogP contribution in [-0.2, 0) is 0 Å². The quantitative estimate of drug-likeness (QED) is 0.653. The average molecular weight is 163 g/mol. The van der Waals surface area contributed by atoms with Crippen LogP contribution in [0, 0.1) is 6.07 Å². The molecular formula is C10H15N2. The number of benzene rings is 1. The summed E-state index contributed by atoms with van der Waals surface area (Å²) in [6, 6.07) is 9.27. The molecule has 0 unspecified atom stereocenters. The van der Waals surface area contributed by atoms with E-state index >= 15 is 0 Å². The first-order chi connectivity index (χ1) is 5.61. The highest BCUT2D eigenvalue weighted by atomic mass is 15.1. The molecule has 0 saturated heterocycles. The van der Waals surface area contributed by atoms with Crippen molar-refractivity contribution >= 4 is 11.4 Å². The van der Waals surface area contributed by atoms with Gasteiger partial charge in [0.05, 0.1) is 0 Å². The van der Waals surface area contributed by atoms with E-state index in [2.05, 4.69) is 17.0 Å². The minimum absolute atomic E-state index is 1.11. The fraction of sp³-hybridized carbons (Fsp3) is 0.400. The predicted molar refractivity (Wildman–Crippen MR) is 53.9 cm³/mol. The van der Waals surface area contributed by atoms with Crippen molar-refractivity contribution in [1.29, 1.82) is 0 Å². The molecule has 0 heterocycles. The molecule has 2 nitrogen and oxygen atoms in total. The third-order valence-corrected chi connectivity index (χ3v) is 1.77. The van der Waals surface area contributed by atoms with E-state index in [9.17, 15) is 0 Å². The lowest BCUT2D eigenvalue weighted by atomic mass is 10.2. The van der Waals surface area contributed by atoms with Crippen molar-refractivity contribution in [1.82, 2.24) is 0 Å². The van der Waals surface area contributed by atoms with Gasteiger partial charge in [-0.2, -0.15) is 0 Å². The lowest BCUT2D eigenvalue weighted by Crippen LogP contribution is -2.12. The standard InChI is InChI=1S/C10H15N2/c1-11(2)9-6-5-7-10(8-9)12(3)4/h5-6,8H,1-4H3. The zero-order chi connectivity index (χ0) is 9.14. The Hall–Kier alpha value is -1.18. The van der Waals surface area contributed by atoms with E-state index in [0.29, 0.717) is 0 Å². The first-order valence-electron chi connectivity index (χ1n) is 3.97. The first-order valence-corrected chi connectivity index (χ1v) is 3.97. The van der Waals surface area contributed by atoms with Crippen LogP contribution in [0.2, 0.25) is 0 Å². The number of anilines is 2. The molecule has 0 bridgehead atoms. The van der Waals surface area contributed by atoms with Crippen molar-refractivity contribution < 1.29 is 0 Å². The topological polar surface area (TPSA) is 6.48 Å². The minimum Gasteiger partial charge on any atom is -0.378 e. The van der Waals surface area contributed by atoms with E-state index in [0.717, 1.165) is 5.69 Å². The van der Waals surface area contributed by atoms with Crippen molar-refractivity contribution in [2.45, 2.75) is 0 Å². The molecule has 0 amide bonds. The van der Waals surface area contributed by atoms with Gasteiger partial charge in [0, 0.05) is 45.6 Å². The summed E-state index contributed by atoms with van der Waals surface area (Å²) in [6.45, 7) is 0. The van der Waals surface area contributed by atoms with Crippen molar-refractivity contribution in [3.8, 4) is 0 Å². The number of hydrogen-bond acceptors (Lipinski definition) is 2. The monoisotopic (exact) mass is 163 g/mol. The average Bonchev–Trinajstić information content (AvgIpc) is 2.04. The van der Waals surface area contributed by atoms with Crippen LogP contribution in [0.3, 0.4) is 0 Å². The molecule has 1 aromatic rings. The second kappa shape index (κ2) is 3.48. The number of nitrogens with zero attached hydrogens (tertiary/aromatic N) is 2. The maximum atomic E-state index is 3.16. The van der Waals surface area contributed by atoms with Gasteiger partial charge in [0.2, 0.25) is 0 Å². The molecule has 1 rings (SSSR count). The Morgan fingerprint density at radius 1 is 1.08 bits per heavy atom. The third kappa shape index (κ3) is 1.91. The summed E-state index contributed by atoms with van der Waals surface area (Å²) in [6.07, 6.45) is 0. The molecule has 1 radical (unpaired) electrons. The van der Waals surface area contributed by atoms with Gasteiger partial charge in [-0.3, -0.25) is 0 Å². The summed E-state index contributed by atoms with van der Waals surface area (Å²) in [7, 11) is 8.11. The van der Waals surface area contributed by atoms with Crippen molar-refractivity contribution in [3.05, 3.63) is 24.3 Å². The molecule has 0 fully saturated rings. The third-order valence-electron chi connectivity index (χ3n) is 1.77. The van der Waals surface area contributed by atoms with Crippen LogP contribution in [0.15, 0.2) is 18.2 Å². The summed E-state index contributed by atoms with van der Waals surface area (Å²) in [5, 5.41) is 0. The normalized spacial score (nSPS) is 9.67. The SMILES string of the molecule is CN(C)c1[c]ccc(N(C)C)c1. The molecule has 0 aliphatic carbocycles. The van der Waals surface area contributed by atoms with Crippen LogP contribution in [-0.4, -0.2) is 28.2 Å². The van der Waals surface area contributed by atoms with Gasteiger partial charge in [0.25, 0.3) is 0 Å². The summed E-state index contributed by atoms with van der Waals surface area (Å²) in [5.41, 5.74) is 2.32. The highest BCUT2D eigenvalue weighted by Crippen LogP contribution is 2.18. The van der Waals surface area contributed by atoms with E-state index in [-0.39, 0.29) is 0 Å². The van der Waals surface area contributed by atoms with Crippen molar-refractivity contribution in [2.75, 3.05) is 38.0 Å². The fourth-order valence-corrected chi connectivity index (χ4v) is 0.979. The lowest BCUT2D eigenvalue weighted by Gasteiger charge is -2.17. The molecule has 0 spiro atoms. The Morgan fingerprint density at radius 3 is 2.25 bits per heavy atom. The predicted octanol–water partition coefficient (Wildman–Crippen LogP) is 1.62. The van der Waals surface area contributed by atoms with Gasteiger partial charge in [0.15, 0.2) is 0 Å². The summed E-state index contributed by atoms with van der Waals surface area (Å²) < 4.78 is 0. The van der Waals surface area contributed by atoms with Crippen molar-refractivity contribution in [2.24, 2.45) is 0 Å². The molecule has 12 heavy (non-hydrogen) atoms. The molecule has 65 valence electrons. The van der Waals surface area contributed by atoms with Crippen LogP contribution in [0.4, 0.5) is 11.4 Å². The van der Waals surface area contributed by atoms with E-state index in [1.807, 2.05) is 45.2 Å². The Labute approximate surface area is 74.4 Å². The van der Waals surface area contributed by atoms with Gasteiger partial charge in [0.1, 0.15) is 0 Å². The van der Waals surface area contributed by atoms with Crippen LogP contribution in [0.5, 0.6) is 0 Å². The smallest absolute Gasteiger partial charge is 0.0462 e. The fourth-order valence-electron chi connectivity index (χ4n) is 0.979. The van der Waals surface area contributed by atoms with E-state index in [1.54, 1.807) is 0 Å². The highest BCUT2D eigenvalue weighted by molar-refractivity contribution is 5.57. The molecule has 0 aromatic heterocycles. The molecule has 1 aromatic carbocycles. The van der Waals surface area contributed by atoms with E-state index in [1.165, 1.54) is 5.69 Å². The second-order valence-corrected chi connectivity index (χ2v) is 3.22. The Balaban J connectivity index is 2.96. The maximum Gasteiger partial charge on any atom is 0.0462 e. The number of hydrogen-bond donors (Lipinski definition) is 0. The molecule has 2 heteroatoms. The molecule has 0 aliphatic rings. The van der Waals surface area contributed by atoms with E-state index < -0.39 is 0 Å². The van der Waals surface area contributed by atoms with Crippen molar-refractivity contribution in [3.63, 3.8) is 0 Å². The van der Waals surface area contributed by atoms with Gasteiger partial charge >= 0.3 is 0 Å². The van der Waals surface area contributed by atoms with Crippen LogP contribution >= 0.6 is 0 Å². The van der Waals surface area contributed by atoms with Gasteiger partial charge < -0.3 is 9.80 Å². The van der Waals surface area contributed by atoms with Gasteiger partial charge in [-0.05, 0) is 12.1 Å². The second-order valence-electron chi connectivity index (χ2n) is 3.22. The van der Waals surface area contributed by atoms with E-state index in [4.69, 9.17) is 0 Å². The largest absolute Gasteiger partial charge is 0.378 e. The van der Waals surface area contributed by atoms with Gasteiger partial charge in [-0.15, -0.1) is 0 Å². The van der Waals surface area contributed by atoms with Crippen LogP contribution in [0.25, 0.3) is 0 Å². The molecular weight excluding hydrogens is 148 g/mol. The minimum atomic E-state index is 1.11. The van der Waals surface area contributed by atoms with Gasteiger partial charge in [-0.25, -0.2) is 0 Å². The first kappa shape index (κ1) is 8.91. The number of rotatable bonds is 2.